The summed E-state index contributed by atoms with van der Waals surface area (Å²) in [5.74, 6) is 0.162. The highest BCUT2D eigenvalue weighted by Crippen LogP contribution is 2.30. The molecule has 0 aliphatic heterocycles. The van der Waals surface area contributed by atoms with Crippen LogP contribution in [0.3, 0.4) is 0 Å². The summed E-state index contributed by atoms with van der Waals surface area (Å²) < 4.78 is 6.06. The van der Waals surface area contributed by atoms with Gasteiger partial charge in [-0.05, 0) is 43.0 Å². The number of nitrogens with one attached hydrogen (secondary N) is 1. The fraction of sp³-hybridized carbons (Fsp3) is 0.154. The second-order valence-electron chi connectivity index (χ2n) is 4.01. The summed E-state index contributed by atoms with van der Waals surface area (Å²) >= 11 is 4.33. The lowest BCUT2D eigenvalue weighted by Crippen LogP contribution is -1.98. The first-order valence-electron chi connectivity index (χ1n) is 5.85. The minimum Gasteiger partial charge on any atom is -0.496 e. The summed E-state index contributed by atoms with van der Waals surface area (Å²) in [5.41, 5.74) is 0.657. The van der Waals surface area contributed by atoms with Crippen molar-refractivity contribution in [1.82, 2.24) is 15.2 Å². The first-order chi connectivity index (χ1) is 9.99. The highest BCUT2D eigenvalue weighted by atomic mass is 79.9. The molecule has 0 saturated carbocycles. The Morgan fingerprint density at radius 2 is 2.29 bits per heavy atom. The SMILES string of the molecule is COc1ccc(Br)cc1C=C(Sc1n[nH]c(C)n1)C(=O)O. The van der Waals surface area contributed by atoms with Gasteiger partial charge < -0.3 is 9.84 Å². The van der Waals surface area contributed by atoms with Crippen LogP contribution in [0.25, 0.3) is 6.08 Å². The number of nitrogens with zero attached hydrogens (tertiary/aromatic N) is 2. The van der Waals surface area contributed by atoms with E-state index in [9.17, 15) is 9.90 Å². The third kappa shape index (κ3) is 4.08. The zero-order valence-corrected chi connectivity index (χ0v) is 13.7. The molecule has 0 radical (unpaired) electrons. The molecule has 2 aromatic rings. The van der Waals surface area contributed by atoms with Crippen molar-refractivity contribution in [3.8, 4) is 5.75 Å². The molecule has 0 amide bonds. The van der Waals surface area contributed by atoms with Crippen LogP contribution in [-0.2, 0) is 4.79 Å². The number of aryl methyl sites for hydroxylation is 1. The lowest BCUT2D eigenvalue weighted by molar-refractivity contribution is -0.131. The van der Waals surface area contributed by atoms with Crippen LogP contribution in [0, 0.1) is 6.92 Å². The van der Waals surface area contributed by atoms with Gasteiger partial charge in [-0.15, -0.1) is 5.10 Å². The third-order valence-electron chi connectivity index (χ3n) is 2.47. The Hall–Kier alpha value is -1.80. The molecule has 6 nitrogen and oxygen atoms in total. The van der Waals surface area contributed by atoms with Crippen molar-refractivity contribution >= 4 is 39.7 Å². The lowest BCUT2D eigenvalue weighted by atomic mass is 10.2. The molecule has 1 aromatic heterocycles. The monoisotopic (exact) mass is 369 g/mol. The van der Waals surface area contributed by atoms with Gasteiger partial charge >= 0.3 is 5.97 Å². The van der Waals surface area contributed by atoms with Crippen molar-refractivity contribution in [3.05, 3.63) is 39.0 Å². The molecule has 0 fully saturated rings. The van der Waals surface area contributed by atoms with Crippen LogP contribution in [0.4, 0.5) is 0 Å². The maximum Gasteiger partial charge on any atom is 0.342 e. The number of carbonyl (C=O) groups is 1. The Labute approximate surface area is 133 Å². The van der Waals surface area contributed by atoms with E-state index < -0.39 is 5.97 Å². The van der Waals surface area contributed by atoms with Crippen LogP contribution in [0.15, 0.2) is 32.7 Å². The largest absolute Gasteiger partial charge is 0.496 e. The molecule has 0 aliphatic rings. The first-order valence-corrected chi connectivity index (χ1v) is 7.46. The van der Waals surface area contributed by atoms with Crippen molar-refractivity contribution in [2.24, 2.45) is 0 Å². The van der Waals surface area contributed by atoms with Crippen molar-refractivity contribution in [3.63, 3.8) is 0 Å². The summed E-state index contributed by atoms with van der Waals surface area (Å²) in [7, 11) is 1.53. The molecule has 0 spiro atoms. The lowest BCUT2D eigenvalue weighted by Gasteiger charge is -2.06. The molecule has 8 heteroatoms. The van der Waals surface area contributed by atoms with Gasteiger partial charge in [0.25, 0.3) is 0 Å². The van der Waals surface area contributed by atoms with Gasteiger partial charge in [-0.3, -0.25) is 5.10 Å². The number of carboxylic acid groups (broad SMARTS) is 1. The summed E-state index contributed by atoms with van der Waals surface area (Å²) in [5, 5.41) is 16.3. The van der Waals surface area contributed by atoms with Gasteiger partial charge in [0.05, 0.1) is 7.11 Å². The molecule has 2 rings (SSSR count). The zero-order chi connectivity index (χ0) is 15.4. The van der Waals surface area contributed by atoms with E-state index in [4.69, 9.17) is 4.74 Å². The third-order valence-corrected chi connectivity index (χ3v) is 3.84. The average Bonchev–Trinajstić information content (AvgIpc) is 2.83. The predicted molar refractivity (Wildman–Crippen MR) is 83.3 cm³/mol. The number of hydrogen-bond donors (Lipinski definition) is 2. The Morgan fingerprint density at radius 1 is 1.52 bits per heavy atom. The number of carboxylic acids is 1. The topological polar surface area (TPSA) is 88.1 Å². The number of ether oxygens (including phenoxy) is 1. The van der Waals surface area contributed by atoms with Crippen LogP contribution in [-0.4, -0.2) is 33.4 Å². The molecular weight excluding hydrogens is 358 g/mol. The fourth-order valence-corrected chi connectivity index (χ4v) is 2.68. The summed E-state index contributed by atoms with van der Waals surface area (Å²) in [6, 6.07) is 5.37. The second-order valence-corrected chi connectivity index (χ2v) is 5.93. The van der Waals surface area contributed by atoms with Gasteiger partial charge in [0.1, 0.15) is 16.5 Å². The smallest absolute Gasteiger partial charge is 0.342 e. The predicted octanol–water partition coefficient (Wildman–Crippen LogP) is 3.10. The van der Waals surface area contributed by atoms with Gasteiger partial charge in [0.2, 0.25) is 5.16 Å². The van der Waals surface area contributed by atoms with Crippen LogP contribution in [0.1, 0.15) is 11.4 Å². The molecular formula is C13H12BrN3O3S. The summed E-state index contributed by atoms with van der Waals surface area (Å²) in [6.07, 6.45) is 1.53. The number of aromatic amines is 1. The van der Waals surface area contributed by atoms with Crippen molar-refractivity contribution in [1.29, 1.82) is 0 Å². The van der Waals surface area contributed by atoms with E-state index in [0.717, 1.165) is 16.2 Å². The molecule has 110 valence electrons. The molecule has 1 heterocycles. The van der Waals surface area contributed by atoms with Gasteiger partial charge in [-0.2, -0.15) is 0 Å². The Bertz CT molecular complexity index is 700. The maximum absolute atomic E-state index is 11.4. The highest BCUT2D eigenvalue weighted by Gasteiger charge is 2.14. The quantitative estimate of drug-likeness (QED) is 0.621. The Kier molecular flexibility index (Phi) is 5.03. The van der Waals surface area contributed by atoms with Gasteiger partial charge in [0.15, 0.2) is 0 Å². The van der Waals surface area contributed by atoms with E-state index in [1.54, 1.807) is 19.1 Å². The van der Waals surface area contributed by atoms with E-state index in [1.165, 1.54) is 13.2 Å². The number of halogens is 1. The van der Waals surface area contributed by atoms with E-state index in [1.807, 2.05) is 6.07 Å². The van der Waals surface area contributed by atoms with Gasteiger partial charge in [0, 0.05) is 10.0 Å². The molecule has 0 aliphatic carbocycles. The molecule has 2 N–H and O–H groups in total. The standard InChI is InChI=1S/C13H12BrN3O3S/c1-7-15-13(17-16-7)21-11(12(18)19)6-8-5-9(14)3-4-10(8)20-2/h3-6H,1-2H3,(H,18,19)(H,15,16,17). The minimum absolute atomic E-state index is 0.102. The molecule has 0 atom stereocenters. The first kappa shape index (κ1) is 15.6. The Balaban J connectivity index is 2.37. The van der Waals surface area contributed by atoms with Gasteiger partial charge in [-0.25, -0.2) is 9.78 Å². The minimum atomic E-state index is -1.05. The number of aliphatic carboxylic acids is 1. The van der Waals surface area contributed by atoms with E-state index >= 15 is 0 Å². The highest BCUT2D eigenvalue weighted by molar-refractivity contribution is 9.10. The molecule has 0 unspecified atom stereocenters. The second kappa shape index (κ2) is 6.77. The number of thioether (sulfide) groups is 1. The van der Waals surface area contributed by atoms with Crippen LogP contribution < -0.4 is 4.74 Å². The number of hydrogen-bond acceptors (Lipinski definition) is 5. The van der Waals surface area contributed by atoms with E-state index in [2.05, 4.69) is 31.1 Å². The number of benzene rings is 1. The number of aromatic nitrogens is 3. The summed E-state index contributed by atoms with van der Waals surface area (Å²) in [6.45, 7) is 1.75. The average molecular weight is 370 g/mol. The molecule has 21 heavy (non-hydrogen) atoms. The van der Waals surface area contributed by atoms with Crippen LogP contribution in [0.5, 0.6) is 5.75 Å². The van der Waals surface area contributed by atoms with Crippen molar-refractivity contribution in [2.75, 3.05) is 7.11 Å². The number of H-pyrrole nitrogens is 1. The van der Waals surface area contributed by atoms with Crippen molar-refractivity contribution < 1.29 is 14.6 Å². The van der Waals surface area contributed by atoms with Crippen LogP contribution in [0.2, 0.25) is 0 Å². The molecule has 0 bridgehead atoms. The van der Waals surface area contributed by atoms with Crippen molar-refractivity contribution in [2.45, 2.75) is 12.1 Å². The molecule has 1 aromatic carbocycles. The van der Waals surface area contributed by atoms with E-state index in [-0.39, 0.29) is 4.91 Å². The normalized spacial score (nSPS) is 11.5. The fourth-order valence-electron chi connectivity index (χ4n) is 1.56. The van der Waals surface area contributed by atoms with E-state index in [0.29, 0.717) is 22.3 Å². The maximum atomic E-state index is 11.4. The summed E-state index contributed by atoms with van der Waals surface area (Å²) in [4.78, 5) is 15.6. The number of rotatable bonds is 5. The van der Waals surface area contributed by atoms with Gasteiger partial charge in [-0.1, -0.05) is 15.9 Å². The molecule has 0 saturated heterocycles. The van der Waals surface area contributed by atoms with Crippen LogP contribution >= 0.6 is 27.7 Å². The zero-order valence-electron chi connectivity index (χ0n) is 11.3. The number of methoxy groups -OCH3 is 1. The Morgan fingerprint density at radius 3 is 2.86 bits per heavy atom.